The molecule has 0 fully saturated rings. The normalized spacial score (nSPS) is 11.4. The van der Waals surface area contributed by atoms with Gasteiger partial charge >= 0.3 is 5.97 Å². The Labute approximate surface area is 167 Å². The van der Waals surface area contributed by atoms with Crippen LogP contribution in [0.25, 0.3) is 34.2 Å². The first-order chi connectivity index (χ1) is 14.2. The minimum atomic E-state index is -0.669. The number of para-hydroxylation sites is 2. The van der Waals surface area contributed by atoms with Gasteiger partial charge in [-0.2, -0.15) is 10.4 Å². The Morgan fingerprint density at radius 1 is 1.21 bits per heavy atom. The van der Waals surface area contributed by atoms with Crippen LogP contribution in [0, 0.1) is 11.3 Å². The largest absolute Gasteiger partial charge is 0.462 e. The molecule has 4 rings (SSSR count). The highest BCUT2D eigenvalue weighted by Crippen LogP contribution is 2.31. The molecule has 6 nitrogen and oxygen atoms in total. The van der Waals surface area contributed by atoms with Crippen LogP contribution in [0.4, 0.5) is 0 Å². The average molecular weight is 383 g/mol. The van der Waals surface area contributed by atoms with E-state index in [1.54, 1.807) is 17.8 Å². The second-order valence-corrected chi connectivity index (χ2v) is 6.25. The first-order valence-electron chi connectivity index (χ1n) is 9.12. The fourth-order valence-corrected chi connectivity index (χ4v) is 3.00. The van der Waals surface area contributed by atoms with Crippen LogP contribution in [0.5, 0.6) is 0 Å². The topological polar surface area (TPSA) is 81.0 Å². The van der Waals surface area contributed by atoms with Gasteiger partial charge in [0, 0.05) is 17.1 Å². The maximum Gasteiger partial charge on any atom is 0.348 e. The maximum atomic E-state index is 12.1. The summed E-state index contributed by atoms with van der Waals surface area (Å²) in [5.41, 5.74) is 2.59. The van der Waals surface area contributed by atoms with Crippen molar-refractivity contribution >= 4 is 23.0 Å². The molecule has 2 aromatic carbocycles. The Balaban J connectivity index is 1.87. The van der Waals surface area contributed by atoms with Crippen molar-refractivity contribution in [3.05, 3.63) is 78.0 Å². The van der Waals surface area contributed by atoms with E-state index in [-0.39, 0.29) is 12.2 Å². The van der Waals surface area contributed by atoms with Crippen LogP contribution in [0.1, 0.15) is 12.5 Å². The van der Waals surface area contributed by atoms with Crippen LogP contribution in [-0.2, 0) is 9.53 Å². The van der Waals surface area contributed by atoms with Crippen molar-refractivity contribution < 1.29 is 13.9 Å². The minimum absolute atomic E-state index is 0.100. The highest BCUT2D eigenvalue weighted by Gasteiger charge is 2.18. The molecule has 2 aromatic heterocycles. The van der Waals surface area contributed by atoms with Crippen LogP contribution in [-0.4, -0.2) is 22.4 Å². The Bertz CT molecular complexity index is 1210. The summed E-state index contributed by atoms with van der Waals surface area (Å²) >= 11 is 0. The molecule has 0 amide bonds. The Hall–Kier alpha value is -4.11. The second-order valence-electron chi connectivity index (χ2n) is 6.25. The fraction of sp³-hybridized carbons (Fsp3) is 0.0870. The zero-order valence-electron chi connectivity index (χ0n) is 15.7. The van der Waals surface area contributed by atoms with Crippen molar-refractivity contribution in [3.8, 4) is 23.2 Å². The van der Waals surface area contributed by atoms with E-state index < -0.39 is 5.97 Å². The summed E-state index contributed by atoms with van der Waals surface area (Å²) in [6.45, 7) is 1.89. The molecule has 29 heavy (non-hydrogen) atoms. The van der Waals surface area contributed by atoms with Crippen molar-refractivity contribution in [2.45, 2.75) is 6.92 Å². The molecule has 0 aliphatic heterocycles. The van der Waals surface area contributed by atoms with Gasteiger partial charge in [-0.1, -0.05) is 36.4 Å². The fourth-order valence-electron chi connectivity index (χ4n) is 3.00. The molecule has 4 aromatic rings. The summed E-state index contributed by atoms with van der Waals surface area (Å²) in [6, 6.07) is 21.0. The minimum Gasteiger partial charge on any atom is -0.462 e. The van der Waals surface area contributed by atoms with Gasteiger partial charge in [-0.3, -0.25) is 0 Å². The molecule has 0 saturated carbocycles. The number of esters is 1. The van der Waals surface area contributed by atoms with Gasteiger partial charge in [-0.25, -0.2) is 9.48 Å². The van der Waals surface area contributed by atoms with E-state index in [0.717, 1.165) is 16.7 Å². The molecule has 0 aliphatic carbocycles. The quantitative estimate of drug-likeness (QED) is 0.282. The van der Waals surface area contributed by atoms with Crippen molar-refractivity contribution in [1.82, 2.24) is 9.78 Å². The number of ether oxygens (including phenoxy) is 1. The number of carbonyl (C=O) groups excluding carboxylic acids is 1. The monoisotopic (exact) mass is 383 g/mol. The maximum absolute atomic E-state index is 12.1. The van der Waals surface area contributed by atoms with E-state index >= 15 is 0 Å². The zero-order valence-corrected chi connectivity index (χ0v) is 15.7. The lowest BCUT2D eigenvalue weighted by atomic mass is 10.1. The van der Waals surface area contributed by atoms with Gasteiger partial charge in [0.2, 0.25) is 0 Å². The molecule has 6 heteroatoms. The van der Waals surface area contributed by atoms with Crippen molar-refractivity contribution in [3.63, 3.8) is 0 Å². The van der Waals surface area contributed by atoms with Gasteiger partial charge in [-0.15, -0.1) is 0 Å². The molecule has 0 atom stereocenters. The van der Waals surface area contributed by atoms with Crippen molar-refractivity contribution in [2.24, 2.45) is 0 Å². The highest BCUT2D eigenvalue weighted by atomic mass is 16.5. The lowest BCUT2D eigenvalue weighted by molar-refractivity contribution is -0.137. The van der Waals surface area contributed by atoms with E-state index in [1.165, 1.54) is 6.08 Å². The standard InChI is InChI=1S/C23H17N3O3/c1-2-28-23(27)17(14-24)12-18-15-26(19-9-4-3-5-10-19)25-22(18)21-13-16-8-6-7-11-20(16)29-21/h3-13,15H,2H2,1H3/b17-12-. The summed E-state index contributed by atoms with van der Waals surface area (Å²) in [5, 5.41) is 15.0. The number of nitriles is 1. The zero-order chi connectivity index (χ0) is 20.2. The van der Waals surface area contributed by atoms with Crippen LogP contribution in [0.3, 0.4) is 0 Å². The molecule has 0 spiro atoms. The molecule has 2 heterocycles. The van der Waals surface area contributed by atoms with Crippen LogP contribution in [0.2, 0.25) is 0 Å². The van der Waals surface area contributed by atoms with Crippen LogP contribution in [0.15, 0.2) is 76.9 Å². The molecule has 0 saturated heterocycles. The number of benzene rings is 2. The predicted octanol–water partition coefficient (Wildman–Crippen LogP) is 4.76. The number of hydrogen-bond acceptors (Lipinski definition) is 5. The number of aromatic nitrogens is 2. The summed E-state index contributed by atoms with van der Waals surface area (Å²) in [6.07, 6.45) is 3.24. The average Bonchev–Trinajstić information content (AvgIpc) is 3.36. The van der Waals surface area contributed by atoms with Gasteiger partial charge in [0.05, 0.1) is 12.3 Å². The molecule has 0 unspecified atom stereocenters. The molecule has 0 bridgehead atoms. The first-order valence-corrected chi connectivity index (χ1v) is 9.12. The third-order valence-electron chi connectivity index (χ3n) is 4.34. The number of fused-ring (bicyclic) bond motifs is 1. The summed E-state index contributed by atoms with van der Waals surface area (Å²) in [4.78, 5) is 12.1. The Kier molecular flexibility index (Phi) is 4.95. The van der Waals surface area contributed by atoms with E-state index in [2.05, 4.69) is 5.10 Å². The molecule has 0 radical (unpaired) electrons. The number of carbonyl (C=O) groups is 1. The highest BCUT2D eigenvalue weighted by molar-refractivity contribution is 5.99. The van der Waals surface area contributed by atoms with Gasteiger partial charge < -0.3 is 9.15 Å². The van der Waals surface area contributed by atoms with Gasteiger partial charge in [0.15, 0.2) is 5.76 Å². The first kappa shape index (κ1) is 18.3. The number of furan rings is 1. The van der Waals surface area contributed by atoms with Crippen molar-refractivity contribution in [1.29, 1.82) is 5.26 Å². The number of rotatable bonds is 5. The van der Waals surface area contributed by atoms with E-state index in [1.807, 2.05) is 66.7 Å². The van der Waals surface area contributed by atoms with E-state index in [9.17, 15) is 10.1 Å². The third kappa shape index (κ3) is 3.66. The molecular weight excluding hydrogens is 366 g/mol. The van der Waals surface area contributed by atoms with E-state index in [0.29, 0.717) is 17.0 Å². The smallest absolute Gasteiger partial charge is 0.348 e. The van der Waals surface area contributed by atoms with Gasteiger partial charge in [-0.05, 0) is 37.3 Å². The summed E-state index contributed by atoms with van der Waals surface area (Å²) in [5.74, 6) is -0.119. The SMILES string of the molecule is CCOC(=O)/C(C#N)=C\c1cn(-c2ccccc2)nc1-c1cc2ccccc2o1. The molecule has 0 aliphatic rings. The Morgan fingerprint density at radius 2 is 1.97 bits per heavy atom. The molecule has 142 valence electrons. The summed E-state index contributed by atoms with van der Waals surface area (Å²) < 4.78 is 12.6. The lowest BCUT2D eigenvalue weighted by Crippen LogP contribution is -2.06. The van der Waals surface area contributed by atoms with Crippen molar-refractivity contribution in [2.75, 3.05) is 6.61 Å². The Morgan fingerprint density at radius 3 is 2.69 bits per heavy atom. The third-order valence-corrected chi connectivity index (χ3v) is 4.34. The number of nitrogens with zero attached hydrogens (tertiary/aromatic N) is 3. The second kappa shape index (κ2) is 7.87. The van der Waals surface area contributed by atoms with Gasteiger partial charge in [0.25, 0.3) is 0 Å². The predicted molar refractivity (Wildman–Crippen MR) is 109 cm³/mol. The molecular formula is C23H17N3O3. The van der Waals surface area contributed by atoms with Crippen LogP contribution >= 0.6 is 0 Å². The number of hydrogen-bond donors (Lipinski definition) is 0. The summed E-state index contributed by atoms with van der Waals surface area (Å²) in [7, 11) is 0. The van der Waals surface area contributed by atoms with Gasteiger partial charge in [0.1, 0.15) is 22.9 Å². The molecule has 0 N–H and O–H groups in total. The van der Waals surface area contributed by atoms with E-state index in [4.69, 9.17) is 9.15 Å². The van der Waals surface area contributed by atoms with Crippen LogP contribution < -0.4 is 0 Å². The lowest BCUT2D eigenvalue weighted by Gasteiger charge is -1.99.